The predicted molar refractivity (Wildman–Crippen MR) is 28.6 cm³/mol. The maximum absolute atomic E-state index is 10.1. The van der Waals surface area contributed by atoms with Crippen molar-refractivity contribution in [1.29, 1.82) is 0 Å². The molecule has 0 heterocycles. The zero-order valence-electron chi connectivity index (χ0n) is 8.17. The Morgan fingerprint density at radius 2 is 1.10 bits per heavy atom. The predicted octanol–water partition coefficient (Wildman–Crippen LogP) is -4.31. The summed E-state index contributed by atoms with van der Waals surface area (Å²) in [6, 6.07) is 0. The van der Waals surface area contributed by atoms with E-state index in [1.165, 1.54) is 0 Å². The quantitative estimate of drug-likeness (QED) is 0.324. The molecule has 0 amide bonds. The number of hydrogen-bond donors (Lipinski definition) is 2. The average Bonchev–Trinajstić information content (AvgIpc) is 1.25. The number of hydrogen-bond acceptors (Lipinski definition) is 2. The van der Waals surface area contributed by atoms with Crippen LogP contribution in [-0.4, -0.2) is 65.9 Å². The number of rotatable bonds is 0. The summed E-state index contributed by atoms with van der Waals surface area (Å²) in [5.41, 5.74) is 0. The van der Waals surface area contributed by atoms with E-state index < -0.39 is 18.5 Å². The van der Waals surface area contributed by atoms with Crippen molar-refractivity contribution >= 4 is 56.3 Å². The minimum Gasteiger partial charge on any atom is -1.00 e. The Kier molecular flexibility index (Phi) is 38.5. The third-order valence-corrected chi connectivity index (χ3v) is 0. The molecular formula is H5CaF2NaO4Si2. The molecule has 0 saturated carbocycles. The summed E-state index contributed by atoms with van der Waals surface area (Å²) < 4.78 is 37.2. The molecule has 0 aromatic rings. The molecule has 0 fully saturated rings. The van der Waals surface area contributed by atoms with Gasteiger partial charge < -0.3 is 13.9 Å². The van der Waals surface area contributed by atoms with Gasteiger partial charge in [0.2, 0.25) is 0 Å². The summed E-state index contributed by atoms with van der Waals surface area (Å²) in [6.07, 6.45) is 0. The van der Waals surface area contributed by atoms with Crippen molar-refractivity contribution in [3.63, 3.8) is 0 Å². The largest absolute Gasteiger partial charge is 2.00 e. The molecule has 10 heavy (non-hydrogen) atoms. The summed E-state index contributed by atoms with van der Waals surface area (Å²) in [5, 5.41) is 0. The maximum atomic E-state index is 10.1. The minimum absolute atomic E-state index is 0. The second-order valence-electron chi connectivity index (χ2n) is 0.506. The van der Waals surface area contributed by atoms with Crippen LogP contribution in [0.15, 0.2) is 0 Å². The molecular weight excluding hydrogens is 221 g/mol. The minimum atomic E-state index is -3.63. The van der Waals surface area contributed by atoms with Gasteiger partial charge in [-0.25, -0.2) is 0 Å². The summed E-state index contributed by atoms with van der Waals surface area (Å²) in [4.78, 5) is 13.9. The molecule has 0 bridgehead atoms. The van der Waals surface area contributed by atoms with Crippen molar-refractivity contribution in [2.75, 3.05) is 0 Å². The van der Waals surface area contributed by atoms with Crippen LogP contribution in [-0.2, 0) is 8.92 Å². The van der Waals surface area contributed by atoms with E-state index in [-0.39, 0.29) is 71.6 Å². The average molecular weight is 226 g/mol. The fourth-order valence-electron chi connectivity index (χ4n) is 0. The van der Waals surface area contributed by atoms with Gasteiger partial charge in [-0.05, 0) is 0 Å². The Bertz CT molecular complexity index is 89.4. The van der Waals surface area contributed by atoms with Gasteiger partial charge >= 0.3 is 85.8 Å². The van der Waals surface area contributed by atoms with Crippen LogP contribution in [0.1, 0.15) is 4.28 Å². The van der Waals surface area contributed by atoms with Gasteiger partial charge in [0.1, 0.15) is 0 Å². The van der Waals surface area contributed by atoms with Crippen LogP contribution in [0.5, 0.6) is 0 Å². The molecule has 4 nitrogen and oxygen atoms in total. The van der Waals surface area contributed by atoms with Crippen LogP contribution in [0, 0.1) is 0 Å². The second kappa shape index (κ2) is 17.0. The molecule has 0 unspecified atom stereocenters. The topological polar surface area (TPSA) is 74.6 Å². The van der Waals surface area contributed by atoms with Gasteiger partial charge in [0, 0.05) is 0 Å². The van der Waals surface area contributed by atoms with E-state index in [1.807, 2.05) is 0 Å². The third-order valence-electron chi connectivity index (χ3n) is 0. The van der Waals surface area contributed by atoms with Crippen LogP contribution in [0.25, 0.3) is 0 Å². The monoisotopic (exact) mass is 226 g/mol. The molecule has 0 radical (unpaired) electrons. The molecule has 10 heteroatoms. The summed E-state index contributed by atoms with van der Waals surface area (Å²) in [6.45, 7) is 0. The maximum Gasteiger partial charge on any atom is 2.00 e. The first-order chi connectivity index (χ1) is 3.46. The second-order valence-corrected chi connectivity index (χ2v) is 1.52. The summed E-state index contributed by atoms with van der Waals surface area (Å²) in [7, 11) is -7.26. The Balaban J connectivity index is -0.00000000800. The smallest absolute Gasteiger partial charge is 1.00 e. The van der Waals surface area contributed by atoms with Crippen molar-refractivity contribution in [1.82, 2.24) is 0 Å². The summed E-state index contributed by atoms with van der Waals surface area (Å²) >= 11 is 0. The van der Waals surface area contributed by atoms with E-state index in [9.17, 15) is 8.22 Å². The molecule has 0 aromatic carbocycles. The molecule has 0 aromatic heterocycles. The van der Waals surface area contributed by atoms with Gasteiger partial charge in [0.25, 0.3) is 0 Å². The van der Waals surface area contributed by atoms with E-state index in [1.54, 1.807) is 0 Å². The van der Waals surface area contributed by atoms with Gasteiger partial charge in [-0.1, -0.05) is 0 Å². The molecule has 0 spiro atoms. The standard InChI is InChI=1S/Ca.2FHO2Si.Na.3H/c;2*1-4(2)3;;;;/h;2*2H;;;;/q+2;;;+1;3*-1. The zero-order chi connectivity index (χ0) is 7.15. The first-order valence-electron chi connectivity index (χ1n) is 1.23. The first kappa shape index (κ1) is 22.6. The fourth-order valence-corrected chi connectivity index (χ4v) is 0. The van der Waals surface area contributed by atoms with Crippen LogP contribution >= 0.6 is 0 Å². The van der Waals surface area contributed by atoms with Gasteiger partial charge in [-0.2, -0.15) is 8.22 Å². The van der Waals surface area contributed by atoms with Gasteiger partial charge in [-0.3, -0.25) is 8.92 Å². The Labute approximate surface area is 115 Å². The molecule has 0 rings (SSSR count). The van der Waals surface area contributed by atoms with E-state index in [0.29, 0.717) is 0 Å². The van der Waals surface area contributed by atoms with E-state index in [2.05, 4.69) is 0 Å². The van der Waals surface area contributed by atoms with Crippen LogP contribution in [0.2, 0.25) is 0 Å². The summed E-state index contributed by atoms with van der Waals surface area (Å²) in [5.74, 6) is 0. The van der Waals surface area contributed by atoms with Crippen molar-refractivity contribution < 1.29 is 60.6 Å². The van der Waals surface area contributed by atoms with Gasteiger partial charge in [-0.15, -0.1) is 0 Å². The van der Waals surface area contributed by atoms with E-state index in [4.69, 9.17) is 18.5 Å². The fraction of sp³-hybridized carbons (Fsp3) is 0. The van der Waals surface area contributed by atoms with E-state index in [0.717, 1.165) is 0 Å². The van der Waals surface area contributed by atoms with Crippen molar-refractivity contribution in [2.45, 2.75) is 0 Å². The Morgan fingerprint density at radius 3 is 1.10 bits per heavy atom. The van der Waals surface area contributed by atoms with Crippen LogP contribution in [0.4, 0.5) is 8.22 Å². The van der Waals surface area contributed by atoms with E-state index >= 15 is 0 Å². The van der Waals surface area contributed by atoms with Gasteiger partial charge in [0.05, 0.1) is 0 Å². The van der Waals surface area contributed by atoms with Crippen molar-refractivity contribution in [3.05, 3.63) is 0 Å². The van der Waals surface area contributed by atoms with Crippen molar-refractivity contribution in [3.8, 4) is 0 Å². The Morgan fingerprint density at radius 1 is 1.10 bits per heavy atom. The van der Waals surface area contributed by atoms with Crippen molar-refractivity contribution in [2.24, 2.45) is 0 Å². The third kappa shape index (κ3) is 243. The molecule has 54 valence electrons. The number of halogens is 2. The SMILES string of the molecule is O=[Si](O)F.O=[Si](O)F.[Ca+2].[H-].[H-].[H-].[Na+]. The molecule has 0 aliphatic heterocycles. The van der Waals surface area contributed by atoms with Crippen LogP contribution in [0.3, 0.4) is 0 Å². The van der Waals surface area contributed by atoms with Gasteiger partial charge in [0.15, 0.2) is 0 Å². The zero-order valence-corrected chi connectivity index (χ0v) is 11.4. The molecule has 0 aliphatic rings. The molecule has 0 saturated heterocycles. The molecule has 2 N–H and O–H groups in total. The Hall–Kier alpha value is 1.75. The first-order valence-corrected chi connectivity index (χ1v) is 3.70. The normalized spacial score (nSPS) is 5.00. The molecule has 0 aliphatic carbocycles. The van der Waals surface area contributed by atoms with Crippen LogP contribution < -0.4 is 29.6 Å². The molecule has 0 atom stereocenters.